The van der Waals surface area contributed by atoms with Gasteiger partial charge in [-0.05, 0) is 31.0 Å². The summed E-state index contributed by atoms with van der Waals surface area (Å²) in [6.07, 6.45) is 1.28. The van der Waals surface area contributed by atoms with E-state index in [2.05, 4.69) is 26.2 Å². The molecule has 2 aliphatic rings. The summed E-state index contributed by atoms with van der Waals surface area (Å²) in [5, 5.41) is 12.5. The van der Waals surface area contributed by atoms with Gasteiger partial charge < -0.3 is 25.4 Å². The van der Waals surface area contributed by atoms with Crippen molar-refractivity contribution in [3.8, 4) is 11.5 Å². The number of likely N-dealkylation sites (tertiary alicyclic amines) is 1. The van der Waals surface area contributed by atoms with E-state index >= 15 is 0 Å². The Bertz CT molecular complexity index is 1000. The van der Waals surface area contributed by atoms with Crippen molar-refractivity contribution in [2.75, 3.05) is 51.1 Å². The molecule has 0 aliphatic carbocycles. The van der Waals surface area contributed by atoms with Crippen LogP contribution in [0.5, 0.6) is 11.5 Å². The second-order valence-corrected chi connectivity index (χ2v) is 8.50. The Kier molecular flexibility index (Phi) is 7.42. The number of fused-ring (bicyclic) bond motifs is 1. The highest BCUT2D eigenvalue weighted by Crippen LogP contribution is 2.39. The second-order valence-electron chi connectivity index (χ2n) is 8.09. The number of nitrogens with one attached hydrogen (secondary N) is 4. The third-order valence-corrected chi connectivity index (χ3v) is 6.25. The van der Waals surface area contributed by atoms with Gasteiger partial charge in [-0.15, -0.1) is 0 Å². The number of carbonyl (C=O) groups is 1. The first-order valence-corrected chi connectivity index (χ1v) is 11.4. The maximum Gasteiger partial charge on any atom is 0.233 e. The van der Waals surface area contributed by atoms with Crippen LogP contribution < -0.4 is 30.7 Å². The minimum atomic E-state index is -0.491. The lowest BCUT2D eigenvalue weighted by molar-refractivity contribution is -0.122. The molecule has 4 rings (SSSR count). The van der Waals surface area contributed by atoms with Crippen molar-refractivity contribution in [2.24, 2.45) is 0 Å². The predicted octanol–water partition coefficient (Wildman–Crippen LogP) is 3.16. The number of hydrogen-bond acceptors (Lipinski definition) is 7. The lowest BCUT2D eigenvalue weighted by atomic mass is 10.1. The van der Waals surface area contributed by atoms with Crippen molar-refractivity contribution >= 4 is 28.9 Å². The molecule has 1 saturated heterocycles. The molecule has 1 atom stereocenters. The van der Waals surface area contributed by atoms with E-state index in [1.165, 1.54) is 6.07 Å². The van der Waals surface area contributed by atoms with Crippen molar-refractivity contribution < 1.29 is 18.7 Å². The van der Waals surface area contributed by atoms with E-state index in [4.69, 9.17) is 21.1 Å². The lowest BCUT2D eigenvalue weighted by Crippen LogP contribution is -2.43. The van der Waals surface area contributed by atoms with Crippen LogP contribution in [0.4, 0.5) is 15.8 Å². The average Bonchev–Trinajstić information content (AvgIpc) is 2.83. The summed E-state index contributed by atoms with van der Waals surface area (Å²) in [7, 11) is 3.26. The van der Waals surface area contributed by atoms with Crippen molar-refractivity contribution in [3.05, 3.63) is 46.7 Å². The van der Waals surface area contributed by atoms with Gasteiger partial charge in [-0.1, -0.05) is 17.7 Å². The van der Waals surface area contributed by atoms with Crippen LogP contribution in [-0.4, -0.2) is 57.4 Å². The maximum absolute atomic E-state index is 14.5. The molecule has 1 unspecified atom stereocenters. The van der Waals surface area contributed by atoms with Gasteiger partial charge in [-0.2, -0.15) is 0 Å². The Morgan fingerprint density at radius 2 is 2.06 bits per heavy atom. The third-order valence-electron chi connectivity index (χ3n) is 5.96. The molecule has 4 N–H and O–H groups in total. The first-order chi connectivity index (χ1) is 16.0. The van der Waals surface area contributed by atoms with Gasteiger partial charge in [0.2, 0.25) is 5.91 Å². The quantitative estimate of drug-likeness (QED) is 0.487. The minimum Gasteiger partial charge on any atom is -0.493 e. The summed E-state index contributed by atoms with van der Waals surface area (Å²) in [6, 6.07) is 8.69. The molecule has 2 aliphatic heterocycles. The van der Waals surface area contributed by atoms with Crippen LogP contribution in [0.25, 0.3) is 0 Å². The van der Waals surface area contributed by atoms with E-state index in [0.717, 1.165) is 37.2 Å². The number of benzene rings is 2. The van der Waals surface area contributed by atoms with Gasteiger partial charge in [0, 0.05) is 37.5 Å². The summed E-state index contributed by atoms with van der Waals surface area (Å²) in [5.74, 6) is 0.781. The number of nitrogens with zero attached hydrogens (tertiary/aromatic N) is 1. The van der Waals surface area contributed by atoms with Crippen LogP contribution in [0, 0.1) is 5.82 Å². The molecule has 0 spiro atoms. The van der Waals surface area contributed by atoms with Crippen molar-refractivity contribution in [1.82, 2.24) is 15.5 Å². The molecule has 8 nitrogen and oxygen atoms in total. The summed E-state index contributed by atoms with van der Waals surface area (Å²) < 4.78 is 26.4. The molecule has 0 aromatic heterocycles. The monoisotopic (exact) mass is 477 g/mol. The number of piperidine rings is 1. The highest BCUT2D eigenvalue weighted by atomic mass is 35.5. The normalized spacial score (nSPS) is 18.7. The number of likely N-dealkylation sites (N-methyl/N-ethyl adjacent to an activating group) is 1. The summed E-state index contributed by atoms with van der Waals surface area (Å²) in [5.41, 5.74) is 2.07. The molecular weight excluding hydrogens is 449 g/mol. The zero-order valence-electron chi connectivity index (χ0n) is 18.7. The third kappa shape index (κ3) is 5.43. The largest absolute Gasteiger partial charge is 0.493 e. The summed E-state index contributed by atoms with van der Waals surface area (Å²) in [6.45, 7) is 2.47. The van der Waals surface area contributed by atoms with Crippen LogP contribution in [0.2, 0.25) is 5.02 Å². The zero-order valence-corrected chi connectivity index (χ0v) is 19.5. The number of amides is 1. The molecule has 0 saturated carbocycles. The number of ether oxygens (including phenoxy) is 2. The Balaban J connectivity index is 1.50. The van der Waals surface area contributed by atoms with Crippen LogP contribution in [0.3, 0.4) is 0 Å². The van der Waals surface area contributed by atoms with Gasteiger partial charge in [0.15, 0.2) is 17.3 Å². The fraction of sp³-hybridized carbons (Fsp3) is 0.435. The minimum absolute atomic E-state index is 0.0131. The highest BCUT2D eigenvalue weighted by Gasteiger charge is 2.27. The summed E-state index contributed by atoms with van der Waals surface area (Å²) in [4.78, 5) is 13.7. The van der Waals surface area contributed by atoms with Crippen LogP contribution in [0.1, 0.15) is 24.6 Å². The van der Waals surface area contributed by atoms with E-state index in [1.807, 2.05) is 12.1 Å². The molecular formula is C23H29ClFN5O3. The first-order valence-electron chi connectivity index (χ1n) is 11.0. The number of halogens is 2. The van der Waals surface area contributed by atoms with Crippen LogP contribution in [0.15, 0.2) is 30.3 Å². The number of hydrogen-bond donors (Lipinski definition) is 4. The molecule has 178 valence electrons. The SMILES string of the molecule is CNC(=O)CN1CCC(Oc2cc3c(cc2OC)NCNC3Nc2cccc(Cl)c2F)CC1. The standard InChI is InChI=1S/C23H29ClFN5O3/c1-26-21(31)12-30-8-6-14(7-9-30)33-20-10-15-18(11-19(20)32-2)27-13-28-23(15)29-17-5-3-4-16(24)22(17)25/h3-5,10-11,14,23,27-29H,6-9,12-13H2,1-2H3,(H,26,31). The molecule has 1 fully saturated rings. The fourth-order valence-electron chi connectivity index (χ4n) is 4.12. The highest BCUT2D eigenvalue weighted by molar-refractivity contribution is 6.31. The van der Waals surface area contributed by atoms with Crippen LogP contribution in [-0.2, 0) is 4.79 Å². The zero-order chi connectivity index (χ0) is 23.4. The molecule has 2 aromatic rings. The van der Waals surface area contributed by atoms with Crippen LogP contribution >= 0.6 is 11.6 Å². The molecule has 10 heteroatoms. The first kappa shape index (κ1) is 23.4. The van der Waals surface area contributed by atoms with Crippen molar-refractivity contribution in [2.45, 2.75) is 25.1 Å². The summed E-state index contributed by atoms with van der Waals surface area (Å²) >= 11 is 5.94. The fourth-order valence-corrected chi connectivity index (χ4v) is 4.30. The average molecular weight is 478 g/mol. The Morgan fingerprint density at radius 3 is 2.79 bits per heavy atom. The molecule has 2 heterocycles. The number of rotatable bonds is 7. The Hall–Kier alpha value is -2.75. The van der Waals surface area contributed by atoms with Gasteiger partial charge in [-0.3, -0.25) is 15.0 Å². The molecule has 0 bridgehead atoms. The molecule has 1 amide bonds. The van der Waals surface area contributed by atoms with E-state index in [1.54, 1.807) is 26.3 Å². The van der Waals surface area contributed by atoms with E-state index < -0.39 is 5.82 Å². The number of carbonyl (C=O) groups excluding carboxylic acids is 1. The smallest absolute Gasteiger partial charge is 0.233 e. The van der Waals surface area contributed by atoms with Gasteiger partial charge in [0.25, 0.3) is 0 Å². The van der Waals surface area contributed by atoms with Gasteiger partial charge in [0.05, 0.1) is 31.0 Å². The molecule has 2 aromatic carbocycles. The van der Waals surface area contributed by atoms with Gasteiger partial charge in [0.1, 0.15) is 12.3 Å². The molecule has 33 heavy (non-hydrogen) atoms. The predicted molar refractivity (Wildman–Crippen MR) is 127 cm³/mol. The van der Waals surface area contributed by atoms with Crippen molar-refractivity contribution in [1.29, 1.82) is 0 Å². The van der Waals surface area contributed by atoms with E-state index in [-0.39, 0.29) is 23.2 Å². The second kappa shape index (κ2) is 10.5. The van der Waals surface area contributed by atoms with E-state index in [9.17, 15) is 9.18 Å². The van der Waals surface area contributed by atoms with E-state index in [0.29, 0.717) is 30.4 Å². The van der Waals surface area contributed by atoms with Gasteiger partial charge >= 0.3 is 0 Å². The number of anilines is 2. The maximum atomic E-state index is 14.5. The topological polar surface area (TPSA) is 86.9 Å². The lowest BCUT2D eigenvalue weighted by Gasteiger charge is -2.33. The van der Waals surface area contributed by atoms with Crippen molar-refractivity contribution in [3.63, 3.8) is 0 Å². The Morgan fingerprint density at radius 1 is 1.27 bits per heavy atom. The Labute approximate surface area is 197 Å². The van der Waals surface area contributed by atoms with Gasteiger partial charge in [-0.25, -0.2) is 4.39 Å². The number of methoxy groups -OCH3 is 1. The molecule has 0 radical (unpaired) electrons.